The van der Waals surface area contributed by atoms with E-state index in [9.17, 15) is 0 Å². The maximum absolute atomic E-state index is 6.15. The normalized spacial score (nSPS) is 10.9. The van der Waals surface area contributed by atoms with Crippen molar-refractivity contribution in [1.82, 2.24) is 4.98 Å². The number of aromatic nitrogens is 1. The van der Waals surface area contributed by atoms with Crippen molar-refractivity contribution < 1.29 is 0 Å². The summed E-state index contributed by atoms with van der Waals surface area (Å²) in [6.07, 6.45) is 1.83. The molecule has 1 aromatic carbocycles. The SMILES string of the molecule is Nc1ccc(-c2ncc3sccc3c2N)cc1Cl. The van der Waals surface area contributed by atoms with Crippen LogP contribution in [-0.4, -0.2) is 4.98 Å². The topological polar surface area (TPSA) is 64.9 Å². The molecule has 0 aliphatic heterocycles. The Labute approximate surface area is 113 Å². The summed E-state index contributed by atoms with van der Waals surface area (Å²) in [4.78, 5) is 4.41. The molecule has 0 amide bonds. The van der Waals surface area contributed by atoms with Crippen LogP contribution in [0.15, 0.2) is 35.8 Å². The molecule has 0 aliphatic carbocycles. The first-order valence-electron chi connectivity index (χ1n) is 5.34. The van der Waals surface area contributed by atoms with E-state index in [1.807, 2.05) is 23.7 Å². The number of nitrogen functional groups attached to an aromatic ring is 2. The molecule has 0 bridgehead atoms. The first-order chi connectivity index (χ1) is 8.66. The highest BCUT2D eigenvalue weighted by Crippen LogP contribution is 2.34. The van der Waals surface area contributed by atoms with Crippen molar-refractivity contribution in [3.8, 4) is 11.3 Å². The van der Waals surface area contributed by atoms with Crippen molar-refractivity contribution in [2.24, 2.45) is 0 Å². The predicted molar refractivity (Wildman–Crippen MR) is 78.9 cm³/mol. The Bertz CT molecular complexity index is 736. The Morgan fingerprint density at radius 2 is 2.00 bits per heavy atom. The van der Waals surface area contributed by atoms with Crippen molar-refractivity contribution in [1.29, 1.82) is 0 Å². The molecule has 3 nitrogen and oxygen atoms in total. The van der Waals surface area contributed by atoms with Crippen LogP contribution in [0.25, 0.3) is 21.3 Å². The van der Waals surface area contributed by atoms with Crippen LogP contribution < -0.4 is 11.5 Å². The van der Waals surface area contributed by atoms with Gasteiger partial charge in [0.25, 0.3) is 0 Å². The van der Waals surface area contributed by atoms with Crippen LogP contribution in [0.1, 0.15) is 0 Å². The minimum absolute atomic E-state index is 0.513. The third-order valence-electron chi connectivity index (χ3n) is 2.83. The quantitative estimate of drug-likeness (QED) is 0.664. The van der Waals surface area contributed by atoms with Gasteiger partial charge in [-0.15, -0.1) is 11.3 Å². The molecule has 5 heteroatoms. The number of pyridine rings is 1. The average Bonchev–Trinajstić information content (AvgIpc) is 2.83. The monoisotopic (exact) mass is 275 g/mol. The van der Waals surface area contributed by atoms with Crippen molar-refractivity contribution in [3.63, 3.8) is 0 Å². The standard InChI is InChI=1S/C13H10ClN3S/c14-9-5-7(1-2-10(9)15)13-12(16)8-3-4-18-11(8)6-17-13/h1-6H,15-16H2. The Balaban J connectivity index is 2.24. The van der Waals surface area contributed by atoms with E-state index < -0.39 is 0 Å². The predicted octanol–water partition coefficient (Wildman–Crippen LogP) is 3.78. The van der Waals surface area contributed by atoms with Crippen LogP contribution in [0.3, 0.4) is 0 Å². The summed E-state index contributed by atoms with van der Waals surface area (Å²) in [5.41, 5.74) is 14.7. The summed E-state index contributed by atoms with van der Waals surface area (Å²) in [6, 6.07) is 7.42. The molecule has 2 aromatic heterocycles. The van der Waals surface area contributed by atoms with Gasteiger partial charge in [-0.25, -0.2) is 0 Å². The molecule has 3 rings (SSSR count). The lowest BCUT2D eigenvalue weighted by Crippen LogP contribution is -1.94. The van der Waals surface area contributed by atoms with Crippen molar-refractivity contribution in [3.05, 3.63) is 40.9 Å². The highest BCUT2D eigenvalue weighted by atomic mass is 35.5. The number of hydrogen-bond acceptors (Lipinski definition) is 4. The molecule has 0 saturated carbocycles. The van der Waals surface area contributed by atoms with Gasteiger partial charge < -0.3 is 11.5 Å². The molecule has 0 unspecified atom stereocenters. The number of rotatable bonds is 1. The van der Waals surface area contributed by atoms with Crippen LogP contribution in [0.2, 0.25) is 5.02 Å². The smallest absolute Gasteiger partial charge is 0.0938 e. The molecule has 0 radical (unpaired) electrons. The van der Waals surface area contributed by atoms with Gasteiger partial charge in [-0.1, -0.05) is 17.7 Å². The first kappa shape index (κ1) is 11.3. The fourth-order valence-corrected chi connectivity index (χ4v) is 2.82. The van der Waals surface area contributed by atoms with Crippen molar-refractivity contribution >= 4 is 44.4 Å². The number of thiophene rings is 1. The van der Waals surface area contributed by atoms with E-state index in [-0.39, 0.29) is 0 Å². The number of fused-ring (bicyclic) bond motifs is 1. The van der Waals surface area contributed by atoms with Gasteiger partial charge in [-0.2, -0.15) is 0 Å². The number of anilines is 2. The second kappa shape index (κ2) is 4.15. The molecule has 0 fully saturated rings. The van der Waals surface area contributed by atoms with Crippen LogP contribution >= 0.6 is 22.9 Å². The van der Waals surface area contributed by atoms with Gasteiger partial charge in [0.2, 0.25) is 0 Å². The Kier molecular flexibility index (Phi) is 2.61. The largest absolute Gasteiger partial charge is 0.398 e. The summed E-state index contributed by atoms with van der Waals surface area (Å²) in [6.45, 7) is 0. The highest BCUT2D eigenvalue weighted by molar-refractivity contribution is 7.17. The number of nitrogens with two attached hydrogens (primary N) is 2. The summed E-state index contributed by atoms with van der Waals surface area (Å²) in [5.74, 6) is 0. The number of halogens is 1. The summed E-state index contributed by atoms with van der Waals surface area (Å²) in [7, 11) is 0. The number of hydrogen-bond donors (Lipinski definition) is 2. The van der Waals surface area contributed by atoms with Gasteiger partial charge in [0, 0.05) is 17.1 Å². The zero-order valence-corrected chi connectivity index (χ0v) is 10.9. The fraction of sp³-hybridized carbons (Fsp3) is 0. The number of benzene rings is 1. The molecule has 90 valence electrons. The molecule has 3 aromatic rings. The maximum atomic E-state index is 6.15. The Morgan fingerprint density at radius 3 is 2.78 bits per heavy atom. The molecule has 4 N–H and O–H groups in total. The fourth-order valence-electron chi connectivity index (χ4n) is 1.87. The maximum Gasteiger partial charge on any atom is 0.0938 e. The second-order valence-corrected chi connectivity index (χ2v) is 5.31. The lowest BCUT2D eigenvalue weighted by Gasteiger charge is -2.07. The van der Waals surface area contributed by atoms with Gasteiger partial charge >= 0.3 is 0 Å². The van der Waals surface area contributed by atoms with E-state index in [0.29, 0.717) is 16.4 Å². The minimum atomic E-state index is 0.513. The Morgan fingerprint density at radius 1 is 1.17 bits per heavy atom. The molecule has 0 atom stereocenters. The van der Waals surface area contributed by atoms with Gasteiger partial charge in [0.15, 0.2) is 0 Å². The van der Waals surface area contributed by atoms with Crippen LogP contribution in [-0.2, 0) is 0 Å². The van der Waals surface area contributed by atoms with Gasteiger partial charge in [0.1, 0.15) is 0 Å². The van der Waals surface area contributed by atoms with Crippen molar-refractivity contribution in [2.45, 2.75) is 0 Å². The van der Waals surface area contributed by atoms with Gasteiger partial charge in [0.05, 0.1) is 26.8 Å². The average molecular weight is 276 g/mol. The molecule has 0 spiro atoms. The zero-order valence-electron chi connectivity index (χ0n) is 9.35. The van der Waals surface area contributed by atoms with Crippen LogP contribution in [0, 0.1) is 0 Å². The lowest BCUT2D eigenvalue weighted by molar-refractivity contribution is 1.37. The van der Waals surface area contributed by atoms with E-state index in [1.165, 1.54) is 0 Å². The Hall–Kier alpha value is -1.78. The number of nitrogens with zero attached hydrogens (tertiary/aromatic N) is 1. The molecule has 0 saturated heterocycles. The zero-order chi connectivity index (χ0) is 12.7. The van der Waals surface area contributed by atoms with E-state index in [4.69, 9.17) is 23.1 Å². The first-order valence-corrected chi connectivity index (χ1v) is 6.59. The minimum Gasteiger partial charge on any atom is -0.398 e. The molecule has 18 heavy (non-hydrogen) atoms. The second-order valence-electron chi connectivity index (χ2n) is 3.96. The summed E-state index contributed by atoms with van der Waals surface area (Å²) in [5, 5.41) is 3.54. The van der Waals surface area contributed by atoms with E-state index >= 15 is 0 Å². The third-order valence-corrected chi connectivity index (χ3v) is 4.00. The summed E-state index contributed by atoms with van der Waals surface area (Å²) >= 11 is 7.64. The lowest BCUT2D eigenvalue weighted by atomic mass is 10.1. The molecular weight excluding hydrogens is 266 g/mol. The van der Waals surface area contributed by atoms with E-state index in [0.717, 1.165) is 21.3 Å². The van der Waals surface area contributed by atoms with Crippen molar-refractivity contribution in [2.75, 3.05) is 11.5 Å². The van der Waals surface area contributed by atoms with Gasteiger partial charge in [-0.3, -0.25) is 4.98 Å². The third kappa shape index (κ3) is 1.70. The van der Waals surface area contributed by atoms with E-state index in [1.54, 1.807) is 23.5 Å². The summed E-state index contributed by atoms with van der Waals surface area (Å²) < 4.78 is 1.08. The molecule has 2 heterocycles. The molecule has 0 aliphatic rings. The molecular formula is C13H10ClN3S. The van der Waals surface area contributed by atoms with Crippen LogP contribution in [0.5, 0.6) is 0 Å². The van der Waals surface area contributed by atoms with E-state index in [2.05, 4.69) is 4.98 Å². The van der Waals surface area contributed by atoms with Crippen LogP contribution in [0.4, 0.5) is 11.4 Å². The highest BCUT2D eigenvalue weighted by Gasteiger charge is 2.10. The van der Waals surface area contributed by atoms with Gasteiger partial charge in [-0.05, 0) is 23.6 Å².